The van der Waals surface area contributed by atoms with Crippen LogP contribution in [0.15, 0.2) is 12.1 Å². The number of hydrogen-bond donors (Lipinski definition) is 1. The molecular weight excluding hydrogens is 182 g/mol. The van der Waals surface area contributed by atoms with Gasteiger partial charge < -0.3 is 5.32 Å². The second-order valence-electron chi connectivity index (χ2n) is 2.75. The third-order valence-electron chi connectivity index (χ3n) is 1.70. The third-order valence-corrected chi connectivity index (χ3v) is 2.38. The van der Waals surface area contributed by atoms with Crippen LogP contribution in [0.25, 0.3) is 10.3 Å². The van der Waals surface area contributed by atoms with Crippen LogP contribution in [0.5, 0.6) is 0 Å². The van der Waals surface area contributed by atoms with Crippen LogP contribution in [0.2, 0.25) is 0 Å². The second kappa shape index (κ2) is 3.70. The van der Waals surface area contributed by atoms with Gasteiger partial charge in [0.2, 0.25) is 0 Å². The van der Waals surface area contributed by atoms with Gasteiger partial charge in [-0.05, 0) is 18.6 Å². The minimum Gasteiger partial charge on any atom is -0.370 e. The summed E-state index contributed by atoms with van der Waals surface area (Å²) in [6, 6.07) is 3.92. The van der Waals surface area contributed by atoms with Crippen molar-refractivity contribution in [1.29, 1.82) is 0 Å². The van der Waals surface area contributed by atoms with Gasteiger partial charge in [-0.25, -0.2) is 9.97 Å². The zero-order valence-corrected chi connectivity index (χ0v) is 8.19. The van der Waals surface area contributed by atoms with E-state index < -0.39 is 0 Å². The van der Waals surface area contributed by atoms with Gasteiger partial charge in [0.1, 0.15) is 16.2 Å². The number of thiazole rings is 1. The highest BCUT2D eigenvalue weighted by Gasteiger charge is 1.99. The van der Waals surface area contributed by atoms with E-state index in [0.717, 1.165) is 29.1 Å². The lowest BCUT2D eigenvalue weighted by Crippen LogP contribution is -2.00. The summed E-state index contributed by atoms with van der Waals surface area (Å²) in [5, 5.41) is 3.23. The van der Waals surface area contributed by atoms with Crippen LogP contribution in [0.3, 0.4) is 0 Å². The highest BCUT2D eigenvalue weighted by Crippen LogP contribution is 2.16. The van der Waals surface area contributed by atoms with Gasteiger partial charge in [-0.1, -0.05) is 18.3 Å². The minimum atomic E-state index is 0.923. The van der Waals surface area contributed by atoms with Crippen molar-refractivity contribution < 1.29 is 0 Å². The monoisotopic (exact) mass is 192 g/mol. The number of nitrogens with one attached hydrogen (secondary N) is 1. The molecule has 4 heteroatoms. The number of rotatable bonds is 3. The summed E-state index contributed by atoms with van der Waals surface area (Å²) in [5.41, 5.74) is 3.75. The molecule has 0 aromatic carbocycles. The summed E-state index contributed by atoms with van der Waals surface area (Å²) in [5.74, 6) is 0.923. The Balaban J connectivity index is 2.26. The van der Waals surface area contributed by atoms with Gasteiger partial charge in [-0.15, -0.1) is 0 Å². The summed E-state index contributed by atoms with van der Waals surface area (Å²) >= 11 is 1.45. The molecule has 0 aliphatic heterocycles. The van der Waals surface area contributed by atoms with E-state index in [0.29, 0.717) is 0 Å². The number of hydrogen-bond acceptors (Lipinski definition) is 4. The van der Waals surface area contributed by atoms with Gasteiger partial charge in [0.15, 0.2) is 5.51 Å². The van der Waals surface area contributed by atoms with E-state index in [9.17, 15) is 0 Å². The zero-order valence-electron chi connectivity index (χ0n) is 7.37. The molecule has 0 saturated heterocycles. The van der Waals surface area contributed by atoms with Crippen LogP contribution in [0.1, 0.15) is 13.3 Å². The lowest BCUT2D eigenvalue weighted by atomic mass is 10.4. The molecule has 0 bridgehead atoms. The first-order valence-electron chi connectivity index (χ1n) is 4.27. The van der Waals surface area contributed by atoms with E-state index in [2.05, 4.69) is 27.7 Å². The van der Waals surface area contributed by atoms with Crippen molar-refractivity contribution in [3.8, 4) is 0 Å². The van der Waals surface area contributed by atoms with Gasteiger partial charge in [0.25, 0.3) is 0 Å². The first-order chi connectivity index (χ1) is 6.40. The molecule has 3 nitrogen and oxygen atoms in total. The topological polar surface area (TPSA) is 37.8 Å². The van der Waals surface area contributed by atoms with Gasteiger partial charge in [-0.3, -0.25) is 0 Å². The lowest BCUT2D eigenvalue weighted by Gasteiger charge is -2.01. The summed E-state index contributed by atoms with van der Waals surface area (Å²) < 4.78 is 0. The van der Waals surface area contributed by atoms with Crippen molar-refractivity contribution >= 4 is 27.5 Å². The maximum Gasteiger partial charge on any atom is 0.155 e. The molecule has 0 saturated carbocycles. The molecule has 2 rings (SSSR count). The highest BCUT2D eigenvalue weighted by molar-refractivity contribution is 7.15. The standard InChI is InChI=1S/C9H10N3S/c1-2-5-10-8-4-3-7-9(12-8)13-6-11-7/h3-4H,2,5H2,1H3,(H,10,12). The summed E-state index contributed by atoms with van der Waals surface area (Å²) in [7, 11) is 0. The van der Waals surface area contributed by atoms with Gasteiger partial charge in [0.05, 0.1) is 0 Å². The number of pyridine rings is 1. The summed E-state index contributed by atoms with van der Waals surface area (Å²) in [6.07, 6.45) is 1.11. The van der Waals surface area contributed by atoms with Gasteiger partial charge >= 0.3 is 0 Å². The predicted molar refractivity (Wildman–Crippen MR) is 55.0 cm³/mol. The Labute approximate surface area is 80.8 Å². The quantitative estimate of drug-likeness (QED) is 0.811. The molecule has 0 unspecified atom stereocenters. The summed E-state index contributed by atoms with van der Waals surface area (Å²) in [6.45, 7) is 3.09. The Morgan fingerprint density at radius 2 is 2.46 bits per heavy atom. The first-order valence-corrected chi connectivity index (χ1v) is 5.09. The number of aromatic nitrogens is 2. The van der Waals surface area contributed by atoms with Crippen molar-refractivity contribution in [2.45, 2.75) is 13.3 Å². The molecule has 1 N–H and O–H groups in total. The molecular formula is C9H10N3S. The molecule has 13 heavy (non-hydrogen) atoms. The minimum absolute atomic E-state index is 0.923. The molecule has 0 fully saturated rings. The molecule has 2 aromatic heterocycles. The van der Waals surface area contributed by atoms with Crippen LogP contribution >= 0.6 is 11.3 Å². The third kappa shape index (κ3) is 1.78. The molecule has 0 spiro atoms. The van der Waals surface area contributed by atoms with E-state index >= 15 is 0 Å². The van der Waals surface area contributed by atoms with E-state index in [1.807, 2.05) is 12.1 Å². The molecule has 0 aliphatic carbocycles. The van der Waals surface area contributed by atoms with Crippen molar-refractivity contribution in [3.05, 3.63) is 17.6 Å². The first kappa shape index (κ1) is 8.44. The maximum atomic E-state index is 4.39. The van der Waals surface area contributed by atoms with E-state index in [1.54, 1.807) is 0 Å². The molecule has 67 valence electrons. The van der Waals surface area contributed by atoms with Crippen LogP contribution in [0, 0.1) is 5.51 Å². The largest absolute Gasteiger partial charge is 0.370 e. The van der Waals surface area contributed by atoms with Crippen LogP contribution in [-0.2, 0) is 0 Å². The Morgan fingerprint density at radius 3 is 3.31 bits per heavy atom. The van der Waals surface area contributed by atoms with Crippen LogP contribution in [-0.4, -0.2) is 16.5 Å². The van der Waals surface area contributed by atoms with Crippen LogP contribution < -0.4 is 5.32 Å². The molecule has 2 aromatic rings. The predicted octanol–water partition coefficient (Wildman–Crippen LogP) is 2.31. The smallest absolute Gasteiger partial charge is 0.155 e. The number of fused-ring (bicyclic) bond motifs is 1. The normalized spacial score (nSPS) is 10.5. The average molecular weight is 192 g/mol. The van der Waals surface area contributed by atoms with E-state index in [-0.39, 0.29) is 0 Å². The lowest BCUT2D eigenvalue weighted by molar-refractivity contribution is 0.972. The maximum absolute atomic E-state index is 4.39. The van der Waals surface area contributed by atoms with Crippen molar-refractivity contribution in [3.63, 3.8) is 0 Å². The van der Waals surface area contributed by atoms with Crippen molar-refractivity contribution in [2.75, 3.05) is 11.9 Å². The molecule has 0 atom stereocenters. The molecule has 0 amide bonds. The van der Waals surface area contributed by atoms with E-state index in [1.165, 1.54) is 11.3 Å². The fraction of sp³-hybridized carbons (Fsp3) is 0.333. The van der Waals surface area contributed by atoms with Crippen molar-refractivity contribution in [1.82, 2.24) is 9.97 Å². The highest BCUT2D eigenvalue weighted by atomic mass is 32.1. The SMILES string of the molecule is CCCNc1ccc2n[c]sc2n1. The Hall–Kier alpha value is -1.16. The Morgan fingerprint density at radius 1 is 1.54 bits per heavy atom. The number of anilines is 1. The summed E-state index contributed by atoms with van der Waals surface area (Å²) in [4.78, 5) is 9.38. The molecule has 2 heterocycles. The zero-order chi connectivity index (χ0) is 9.10. The fourth-order valence-electron chi connectivity index (χ4n) is 1.06. The van der Waals surface area contributed by atoms with Crippen molar-refractivity contribution in [2.24, 2.45) is 0 Å². The van der Waals surface area contributed by atoms with E-state index in [4.69, 9.17) is 0 Å². The molecule has 0 aliphatic rings. The average Bonchev–Trinajstić information content (AvgIpc) is 2.61. The van der Waals surface area contributed by atoms with Gasteiger partial charge in [0, 0.05) is 6.54 Å². The Kier molecular flexibility index (Phi) is 2.40. The van der Waals surface area contributed by atoms with Gasteiger partial charge in [-0.2, -0.15) is 0 Å². The number of nitrogens with zero attached hydrogens (tertiary/aromatic N) is 2. The Bertz CT molecular complexity index is 396. The van der Waals surface area contributed by atoms with Crippen LogP contribution in [0.4, 0.5) is 5.82 Å². The molecule has 1 radical (unpaired) electrons. The second-order valence-corrected chi connectivity index (χ2v) is 3.53. The fourth-order valence-corrected chi connectivity index (χ4v) is 1.65.